The molecule has 4 nitrogen and oxygen atoms in total. The topological polar surface area (TPSA) is 59.3 Å². The Hall–Kier alpha value is -2.37. The number of pyridine rings is 1. The van der Waals surface area contributed by atoms with Crippen LogP contribution in [-0.4, -0.2) is 22.3 Å². The van der Waals surface area contributed by atoms with E-state index in [1.54, 1.807) is 30.3 Å². The molecule has 0 saturated carbocycles. The second kappa shape index (κ2) is 7.48. The Morgan fingerprint density at radius 2 is 1.96 bits per heavy atom. The summed E-state index contributed by atoms with van der Waals surface area (Å²) in [6, 6.07) is 10.4. The van der Waals surface area contributed by atoms with E-state index in [0.717, 1.165) is 11.1 Å². The van der Waals surface area contributed by atoms with Gasteiger partial charge in [0.25, 0.3) is 0 Å². The Balaban J connectivity index is 2.15. The zero-order valence-electron chi connectivity index (χ0n) is 13.5. The minimum Gasteiger partial charge on any atom is -0.477 e. The fraction of sp³-hybridized carbons (Fsp3) is 0.158. The minimum absolute atomic E-state index is 0.0312. The van der Waals surface area contributed by atoms with Crippen LogP contribution in [0.1, 0.15) is 21.5 Å². The number of hydrogen-bond acceptors (Lipinski definition) is 2. The first kappa shape index (κ1) is 18.4. The van der Waals surface area contributed by atoms with E-state index in [2.05, 4.69) is 0 Å². The lowest BCUT2D eigenvalue weighted by Gasteiger charge is -2.12. The molecule has 26 heavy (non-hydrogen) atoms. The van der Waals surface area contributed by atoms with Crippen LogP contribution in [0.5, 0.6) is 0 Å². The van der Waals surface area contributed by atoms with Crippen molar-refractivity contribution in [3.8, 4) is 0 Å². The summed E-state index contributed by atoms with van der Waals surface area (Å²) in [5.74, 6) is -1.34. The minimum atomic E-state index is -1.34. The van der Waals surface area contributed by atoms with Crippen molar-refractivity contribution in [2.24, 2.45) is 0 Å². The zero-order valence-corrected chi connectivity index (χ0v) is 15.0. The van der Waals surface area contributed by atoms with Crippen molar-refractivity contribution in [1.29, 1.82) is 0 Å². The van der Waals surface area contributed by atoms with Crippen molar-refractivity contribution in [2.45, 2.75) is 13.0 Å². The molecule has 2 aromatic carbocycles. The van der Waals surface area contributed by atoms with Crippen LogP contribution in [-0.2, 0) is 13.0 Å². The van der Waals surface area contributed by atoms with Gasteiger partial charge in [0.1, 0.15) is 12.2 Å². The molecule has 0 radical (unpaired) electrons. The molecule has 0 amide bonds. The Morgan fingerprint density at radius 1 is 1.19 bits per heavy atom. The number of fused-ring (bicyclic) bond motifs is 1. The van der Waals surface area contributed by atoms with E-state index >= 15 is 0 Å². The standard InChI is InChI=1S/C19H14Cl2FNO3/c20-15-3-1-2-12(17(15)21)8-11-4-5-16-13(9-11)18(24)14(19(25)26)10-23(16)7-6-22/h1-5,9-10H,6-8H2,(H,25,26). The summed E-state index contributed by atoms with van der Waals surface area (Å²) in [5.41, 5.74) is 1.06. The summed E-state index contributed by atoms with van der Waals surface area (Å²) in [6.45, 7) is -0.701. The van der Waals surface area contributed by atoms with E-state index in [4.69, 9.17) is 23.2 Å². The molecular formula is C19H14Cl2FNO3. The summed E-state index contributed by atoms with van der Waals surface area (Å²) in [4.78, 5) is 23.9. The molecule has 0 aliphatic rings. The summed E-state index contributed by atoms with van der Waals surface area (Å²) >= 11 is 12.2. The summed E-state index contributed by atoms with van der Waals surface area (Å²) in [7, 11) is 0. The molecule has 1 N–H and O–H groups in total. The molecule has 0 aliphatic carbocycles. The number of rotatable bonds is 5. The zero-order chi connectivity index (χ0) is 18.8. The monoisotopic (exact) mass is 393 g/mol. The van der Waals surface area contributed by atoms with E-state index in [1.165, 1.54) is 10.8 Å². The number of alkyl halides is 1. The van der Waals surface area contributed by atoms with Gasteiger partial charge < -0.3 is 9.67 Å². The number of carbonyl (C=O) groups is 1. The fourth-order valence-corrected chi connectivity index (χ4v) is 3.27. The van der Waals surface area contributed by atoms with Crippen LogP contribution >= 0.6 is 23.2 Å². The molecule has 3 rings (SSSR count). The van der Waals surface area contributed by atoms with Crippen LogP contribution in [0.4, 0.5) is 4.39 Å². The molecule has 0 unspecified atom stereocenters. The molecule has 0 aliphatic heterocycles. The predicted octanol–water partition coefficient (Wildman–Crippen LogP) is 4.57. The summed E-state index contributed by atoms with van der Waals surface area (Å²) < 4.78 is 14.3. The molecule has 134 valence electrons. The molecule has 1 heterocycles. The van der Waals surface area contributed by atoms with Gasteiger partial charge in [-0.3, -0.25) is 4.79 Å². The van der Waals surface area contributed by atoms with Crippen LogP contribution in [0.3, 0.4) is 0 Å². The molecule has 0 fully saturated rings. The Morgan fingerprint density at radius 3 is 2.65 bits per heavy atom. The van der Waals surface area contributed by atoms with Crippen molar-refractivity contribution in [3.05, 3.63) is 79.6 Å². The van der Waals surface area contributed by atoms with Gasteiger partial charge in [0.15, 0.2) is 0 Å². The number of hydrogen-bond donors (Lipinski definition) is 1. The first-order valence-corrected chi connectivity index (χ1v) is 8.56. The summed E-state index contributed by atoms with van der Waals surface area (Å²) in [5, 5.41) is 10.3. The number of aromatic carboxylic acids is 1. The smallest absolute Gasteiger partial charge is 0.341 e. The van der Waals surface area contributed by atoms with Crippen molar-refractivity contribution in [1.82, 2.24) is 4.57 Å². The van der Waals surface area contributed by atoms with Gasteiger partial charge in [0, 0.05) is 11.6 Å². The average Bonchev–Trinajstić information content (AvgIpc) is 2.61. The highest BCUT2D eigenvalue weighted by Crippen LogP contribution is 2.28. The number of aromatic nitrogens is 1. The highest BCUT2D eigenvalue weighted by atomic mass is 35.5. The van der Waals surface area contributed by atoms with Crippen molar-refractivity contribution in [2.75, 3.05) is 6.67 Å². The normalized spacial score (nSPS) is 11.0. The maximum Gasteiger partial charge on any atom is 0.341 e. The number of nitrogens with zero attached hydrogens (tertiary/aromatic N) is 1. The van der Waals surface area contributed by atoms with Gasteiger partial charge in [-0.2, -0.15) is 0 Å². The number of aryl methyl sites for hydroxylation is 1. The van der Waals surface area contributed by atoms with Crippen LogP contribution in [0.2, 0.25) is 10.0 Å². The highest BCUT2D eigenvalue weighted by Gasteiger charge is 2.15. The van der Waals surface area contributed by atoms with Crippen molar-refractivity contribution < 1.29 is 14.3 Å². The molecule has 7 heteroatoms. The first-order chi connectivity index (χ1) is 12.4. The molecule has 0 saturated heterocycles. The SMILES string of the molecule is O=C(O)c1cn(CCF)c2ccc(Cc3cccc(Cl)c3Cl)cc2c1=O. The molecule has 0 atom stereocenters. The van der Waals surface area contributed by atoms with E-state index < -0.39 is 18.1 Å². The molecule has 1 aromatic heterocycles. The van der Waals surface area contributed by atoms with Crippen LogP contribution < -0.4 is 5.43 Å². The van der Waals surface area contributed by atoms with Crippen LogP contribution in [0.25, 0.3) is 10.9 Å². The van der Waals surface area contributed by atoms with Gasteiger partial charge in [-0.15, -0.1) is 0 Å². The van der Waals surface area contributed by atoms with Gasteiger partial charge in [0.05, 0.1) is 22.1 Å². The third-order valence-electron chi connectivity index (χ3n) is 4.13. The van der Waals surface area contributed by atoms with E-state index in [1.807, 2.05) is 6.07 Å². The molecular weight excluding hydrogens is 380 g/mol. The van der Waals surface area contributed by atoms with Gasteiger partial charge in [0.2, 0.25) is 5.43 Å². The maximum atomic E-state index is 12.8. The number of benzene rings is 2. The van der Waals surface area contributed by atoms with Gasteiger partial charge in [-0.25, -0.2) is 9.18 Å². The lowest BCUT2D eigenvalue weighted by atomic mass is 10.0. The largest absolute Gasteiger partial charge is 0.477 e. The second-order valence-electron chi connectivity index (χ2n) is 5.80. The number of carboxylic acids is 1. The molecule has 0 bridgehead atoms. The second-order valence-corrected chi connectivity index (χ2v) is 6.59. The van der Waals surface area contributed by atoms with Crippen LogP contribution in [0, 0.1) is 0 Å². The number of halogens is 3. The maximum absolute atomic E-state index is 12.8. The molecule has 3 aromatic rings. The van der Waals surface area contributed by atoms with E-state index in [-0.39, 0.29) is 17.5 Å². The predicted molar refractivity (Wildman–Crippen MR) is 100 cm³/mol. The quantitative estimate of drug-likeness (QED) is 0.690. The van der Waals surface area contributed by atoms with Gasteiger partial charge in [-0.05, 0) is 35.7 Å². The summed E-state index contributed by atoms with van der Waals surface area (Å²) in [6.07, 6.45) is 1.61. The third kappa shape index (κ3) is 3.45. The lowest BCUT2D eigenvalue weighted by Crippen LogP contribution is -2.19. The van der Waals surface area contributed by atoms with Gasteiger partial charge >= 0.3 is 5.97 Å². The van der Waals surface area contributed by atoms with E-state index in [9.17, 15) is 19.1 Å². The highest BCUT2D eigenvalue weighted by molar-refractivity contribution is 6.42. The average molecular weight is 394 g/mol. The van der Waals surface area contributed by atoms with Crippen LogP contribution in [0.15, 0.2) is 47.4 Å². The van der Waals surface area contributed by atoms with E-state index in [0.29, 0.717) is 22.0 Å². The Kier molecular flexibility index (Phi) is 5.30. The Bertz CT molecular complexity index is 1060. The first-order valence-electron chi connectivity index (χ1n) is 7.80. The van der Waals surface area contributed by atoms with Gasteiger partial charge in [-0.1, -0.05) is 41.4 Å². The third-order valence-corrected chi connectivity index (χ3v) is 4.98. The van der Waals surface area contributed by atoms with Crippen molar-refractivity contribution in [3.63, 3.8) is 0 Å². The van der Waals surface area contributed by atoms with Crippen molar-refractivity contribution >= 4 is 40.1 Å². The number of carboxylic acid groups (broad SMARTS) is 1. The molecule has 0 spiro atoms. The lowest BCUT2D eigenvalue weighted by molar-refractivity contribution is 0.0694. The fourth-order valence-electron chi connectivity index (χ4n) is 2.89. The Labute approximate surface area is 158 Å².